The number of hydrogen-bond acceptors (Lipinski definition) is 3. The Kier molecular flexibility index (Phi) is 4.18. The Labute approximate surface area is 122 Å². The molecule has 0 aromatic heterocycles. The number of rotatable bonds is 4. The molecule has 0 unspecified atom stereocenters. The largest absolute Gasteiger partial charge is 0.507 e. The van der Waals surface area contributed by atoms with Crippen molar-refractivity contribution in [1.29, 1.82) is 0 Å². The second kappa shape index (κ2) is 6.05. The molecule has 0 atom stereocenters. The number of carboxylic acid groups (broad SMARTS) is 1. The van der Waals surface area contributed by atoms with E-state index in [0.29, 0.717) is 0 Å². The van der Waals surface area contributed by atoms with E-state index in [1.165, 1.54) is 24.3 Å². The van der Waals surface area contributed by atoms with Gasteiger partial charge in [-0.2, -0.15) is 0 Å². The molecule has 2 rings (SSSR count). The second-order valence-corrected chi connectivity index (χ2v) is 4.65. The number of aromatic hydroxyl groups is 1. The molecule has 2 aromatic rings. The minimum Gasteiger partial charge on any atom is -0.507 e. The van der Waals surface area contributed by atoms with Crippen LogP contribution in [0.1, 0.15) is 31.8 Å². The Morgan fingerprint density at radius 3 is 2.33 bits per heavy atom. The summed E-state index contributed by atoms with van der Waals surface area (Å²) in [5, 5.41) is 18.3. The average molecular weight is 282 g/mol. The number of aromatic carboxylic acids is 1. The highest BCUT2D eigenvalue weighted by Gasteiger charge is 2.12. The molecule has 0 heterocycles. The van der Waals surface area contributed by atoms with Crippen molar-refractivity contribution in [2.24, 2.45) is 0 Å². The van der Waals surface area contributed by atoms with Crippen LogP contribution in [0, 0.1) is 6.92 Å². The minimum absolute atomic E-state index is 0.216. The number of allylic oxidation sites excluding steroid dienone is 1. The zero-order chi connectivity index (χ0) is 15.4. The smallest absolute Gasteiger partial charge is 0.339 e. The lowest BCUT2D eigenvalue weighted by Crippen LogP contribution is -2.01. The van der Waals surface area contributed by atoms with Crippen LogP contribution in [0.2, 0.25) is 0 Å². The van der Waals surface area contributed by atoms with Crippen LogP contribution in [0.4, 0.5) is 0 Å². The Bertz CT molecular complexity index is 712. The lowest BCUT2D eigenvalue weighted by molar-refractivity contribution is 0.0693. The molecule has 0 spiro atoms. The summed E-state index contributed by atoms with van der Waals surface area (Å²) >= 11 is 0. The van der Waals surface area contributed by atoms with Gasteiger partial charge in [-0.15, -0.1) is 0 Å². The van der Waals surface area contributed by atoms with E-state index in [0.717, 1.165) is 11.1 Å². The number of carbonyl (C=O) groups is 2. The standard InChI is InChI=1S/C17H14O4/c1-11-2-4-12(5-3-11)6-8-15(18)13-7-9-16(19)14(10-13)17(20)21/h2-10,19H,1H3,(H,20,21). The molecule has 0 aliphatic carbocycles. The second-order valence-electron chi connectivity index (χ2n) is 4.65. The highest BCUT2D eigenvalue weighted by Crippen LogP contribution is 2.19. The fraction of sp³-hybridized carbons (Fsp3) is 0.0588. The number of carbonyl (C=O) groups excluding carboxylic acids is 1. The maximum absolute atomic E-state index is 12.0. The van der Waals surface area contributed by atoms with Crippen LogP contribution in [0.3, 0.4) is 0 Å². The van der Waals surface area contributed by atoms with Crippen LogP contribution in [0.15, 0.2) is 48.5 Å². The van der Waals surface area contributed by atoms with Crippen LogP contribution < -0.4 is 0 Å². The van der Waals surface area contributed by atoms with Gasteiger partial charge in [0.05, 0.1) is 0 Å². The van der Waals surface area contributed by atoms with E-state index in [9.17, 15) is 14.7 Å². The minimum atomic E-state index is -1.27. The Morgan fingerprint density at radius 2 is 1.71 bits per heavy atom. The maximum Gasteiger partial charge on any atom is 0.339 e. The molecular formula is C17H14O4. The Hall–Kier alpha value is -2.88. The van der Waals surface area contributed by atoms with Crippen molar-refractivity contribution in [3.63, 3.8) is 0 Å². The molecule has 0 saturated heterocycles. The van der Waals surface area contributed by atoms with E-state index < -0.39 is 5.97 Å². The predicted molar refractivity (Wildman–Crippen MR) is 79.6 cm³/mol. The molecular weight excluding hydrogens is 268 g/mol. The SMILES string of the molecule is Cc1ccc(C=CC(=O)c2ccc(O)c(C(=O)O)c2)cc1. The van der Waals surface area contributed by atoms with Gasteiger partial charge in [0.15, 0.2) is 5.78 Å². The van der Waals surface area contributed by atoms with Crippen molar-refractivity contribution in [3.05, 3.63) is 70.8 Å². The van der Waals surface area contributed by atoms with Crippen LogP contribution >= 0.6 is 0 Å². The van der Waals surface area contributed by atoms with E-state index in [1.807, 2.05) is 31.2 Å². The summed E-state index contributed by atoms with van der Waals surface area (Å²) in [6, 6.07) is 11.4. The van der Waals surface area contributed by atoms with Crippen molar-refractivity contribution in [3.8, 4) is 5.75 Å². The predicted octanol–water partition coefficient (Wildman–Crippen LogP) is 3.29. The third-order valence-corrected chi connectivity index (χ3v) is 3.02. The van der Waals surface area contributed by atoms with E-state index >= 15 is 0 Å². The Morgan fingerprint density at radius 1 is 1.05 bits per heavy atom. The lowest BCUT2D eigenvalue weighted by atomic mass is 10.0. The summed E-state index contributed by atoms with van der Waals surface area (Å²) in [5.74, 6) is -1.95. The van der Waals surface area contributed by atoms with Gasteiger partial charge < -0.3 is 10.2 Å². The monoisotopic (exact) mass is 282 g/mol. The molecule has 4 heteroatoms. The van der Waals surface area contributed by atoms with E-state index in [-0.39, 0.29) is 22.7 Å². The summed E-state index contributed by atoms with van der Waals surface area (Å²) < 4.78 is 0. The number of carboxylic acids is 1. The molecule has 21 heavy (non-hydrogen) atoms. The summed E-state index contributed by atoms with van der Waals surface area (Å²) in [6.07, 6.45) is 3.04. The van der Waals surface area contributed by atoms with Crippen LogP contribution in [-0.2, 0) is 0 Å². The molecule has 0 bridgehead atoms. The zero-order valence-corrected chi connectivity index (χ0v) is 11.4. The fourth-order valence-electron chi connectivity index (χ4n) is 1.81. The van der Waals surface area contributed by atoms with Crippen molar-refractivity contribution in [1.82, 2.24) is 0 Å². The van der Waals surface area contributed by atoms with Crippen LogP contribution in [0.5, 0.6) is 5.75 Å². The number of ketones is 1. The van der Waals surface area contributed by atoms with Crippen LogP contribution in [-0.4, -0.2) is 22.0 Å². The van der Waals surface area contributed by atoms with Gasteiger partial charge in [-0.1, -0.05) is 35.9 Å². The molecule has 106 valence electrons. The lowest BCUT2D eigenvalue weighted by Gasteiger charge is -2.02. The quantitative estimate of drug-likeness (QED) is 0.666. The van der Waals surface area contributed by atoms with Gasteiger partial charge in [-0.25, -0.2) is 4.79 Å². The zero-order valence-electron chi connectivity index (χ0n) is 11.4. The van der Waals surface area contributed by atoms with Crippen molar-refractivity contribution in [2.75, 3.05) is 0 Å². The highest BCUT2D eigenvalue weighted by atomic mass is 16.4. The molecule has 2 aromatic carbocycles. The molecule has 0 radical (unpaired) electrons. The van der Waals surface area contributed by atoms with Gasteiger partial charge in [-0.3, -0.25) is 4.79 Å². The van der Waals surface area contributed by atoms with Gasteiger partial charge in [0, 0.05) is 5.56 Å². The number of phenols is 1. The Balaban J connectivity index is 2.22. The summed E-state index contributed by atoms with van der Waals surface area (Å²) in [4.78, 5) is 22.9. The van der Waals surface area contributed by atoms with Gasteiger partial charge in [-0.05, 0) is 36.8 Å². The fourth-order valence-corrected chi connectivity index (χ4v) is 1.81. The first-order valence-corrected chi connectivity index (χ1v) is 6.33. The first-order valence-electron chi connectivity index (χ1n) is 6.33. The molecule has 0 saturated carbocycles. The van der Waals surface area contributed by atoms with Gasteiger partial charge >= 0.3 is 5.97 Å². The van der Waals surface area contributed by atoms with E-state index in [4.69, 9.17) is 5.11 Å². The molecule has 0 aliphatic rings. The first-order chi connectivity index (χ1) is 9.97. The summed E-state index contributed by atoms with van der Waals surface area (Å²) in [5.41, 5.74) is 1.94. The summed E-state index contributed by atoms with van der Waals surface area (Å²) in [7, 11) is 0. The number of aryl methyl sites for hydroxylation is 1. The first kappa shape index (κ1) is 14.5. The molecule has 0 aliphatic heterocycles. The molecule has 0 fully saturated rings. The average Bonchev–Trinajstić information content (AvgIpc) is 2.46. The molecule has 2 N–H and O–H groups in total. The maximum atomic E-state index is 12.0. The van der Waals surface area contributed by atoms with Crippen molar-refractivity contribution < 1.29 is 19.8 Å². The van der Waals surface area contributed by atoms with Crippen LogP contribution in [0.25, 0.3) is 6.08 Å². The van der Waals surface area contributed by atoms with Crippen molar-refractivity contribution in [2.45, 2.75) is 6.92 Å². The molecule has 4 nitrogen and oxygen atoms in total. The van der Waals surface area contributed by atoms with Gasteiger partial charge in [0.2, 0.25) is 0 Å². The van der Waals surface area contributed by atoms with Gasteiger partial charge in [0.25, 0.3) is 0 Å². The number of benzene rings is 2. The third-order valence-electron chi connectivity index (χ3n) is 3.02. The molecule has 0 amide bonds. The topological polar surface area (TPSA) is 74.6 Å². The highest BCUT2D eigenvalue weighted by molar-refractivity contribution is 6.08. The third kappa shape index (κ3) is 3.57. The van der Waals surface area contributed by atoms with E-state index in [1.54, 1.807) is 6.08 Å². The van der Waals surface area contributed by atoms with E-state index in [2.05, 4.69) is 0 Å². The van der Waals surface area contributed by atoms with Crippen molar-refractivity contribution >= 4 is 17.8 Å². The normalized spacial score (nSPS) is 10.7. The summed E-state index contributed by atoms with van der Waals surface area (Å²) in [6.45, 7) is 1.97. The van der Waals surface area contributed by atoms with Gasteiger partial charge in [0.1, 0.15) is 11.3 Å². The number of hydrogen-bond donors (Lipinski definition) is 2.